The van der Waals surface area contributed by atoms with Crippen molar-refractivity contribution in [3.63, 3.8) is 0 Å². The lowest BCUT2D eigenvalue weighted by Crippen LogP contribution is -2.26. The number of amides is 1. The highest BCUT2D eigenvalue weighted by Gasteiger charge is 2.24. The third kappa shape index (κ3) is 7.70. The van der Waals surface area contributed by atoms with Crippen molar-refractivity contribution in [2.75, 3.05) is 26.6 Å². The van der Waals surface area contributed by atoms with E-state index in [2.05, 4.69) is 15.2 Å². The number of nitrogens with one attached hydrogen (secondary N) is 1. The summed E-state index contributed by atoms with van der Waals surface area (Å²) in [5.41, 5.74) is 1.23. The maximum Gasteiger partial charge on any atom is 0.387 e. The first-order chi connectivity index (χ1) is 18.2. The molecule has 0 aliphatic heterocycles. The quantitative estimate of drug-likeness (QED) is 0.308. The molecular formula is C25H28F2N3O7P. The molecule has 0 bridgehead atoms. The maximum atomic E-state index is 12.8. The molecule has 0 atom stereocenters. The van der Waals surface area contributed by atoms with Crippen LogP contribution in [0.15, 0.2) is 59.4 Å². The van der Waals surface area contributed by atoms with Crippen LogP contribution in [0.2, 0.25) is 0 Å². The van der Waals surface area contributed by atoms with Crippen molar-refractivity contribution < 1.29 is 36.7 Å². The van der Waals surface area contributed by atoms with Crippen molar-refractivity contribution in [1.82, 2.24) is 15.1 Å². The molecule has 0 aliphatic rings. The summed E-state index contributed by atoms with van der Waals surface area (Å²) in [5.74, 6) is -0.543. The molecule has 3 aromatic rings. The zero-order chi connectivity index (χ0) is 27.7. The van der Waals surface area contributed by atoms with Crippen LogP contribution in [0.4, 0.5) is 8.78 Å². The molecule has 38 heavy (non-hydrogen) atoms. The van der Waals surface area contributed by atoms with Gasteiger partial charge in [-0.15, -0.1) is 0 Å². The van der Waals surface area contributed by atoms with Gasteiger partial charge in [0.25, 0.3) is 11.5 Å². The van der Waals surface area contributed by atoms with E-state index < -0.39 is 25.7 Å². The predicted octanol–water partition coefficient (Wildman–Crippen LogP) is 4.52. The lowest BCUT2D eigenvalue weighted by molar-refractivity contribution is -0.0511. The third-order valence-electron chi connectivity index (χ3n) is 5.15. The molecule has 10 nitrogen and oxygen atoms in total. The Morgan fingerprint density at radius 2 is 1.79 bits per heavy atom. The first-order valence-electron chi connectivity index (χ1n) is 11.6. The van der Waals surface area contributed by atoms with Crippen LogP contribution in [0.5, 0.6) is 11.5 Å². The number of alkyl halides is 2. The van der Waals surface area contributed by atoms with Gasteiger partial charge in [-0.2, -0.15) is 13.9 Å². The van der Waals surface area contributed by atoms with Crippen molar-refractivity contribution >= 4 is 13.5 Å². The first kappa shape index (κ1) is 29.0. The zero-order valence-electron chi connectivity index (χ0n) is 21.1. The van der Waals surface area contributed by atoms with Gasteiger partial charge in [0, 0.05) is 17.2 Å². The number of carbonyl (C=O) groups excluding carboxylic acids is 1. The maximum absolute atomic E-state index is 12.8. The number of benzene rings is 2. The molecule has 0 spiro atoms. The van der Waals surface area contributed by atoms with Crippen LogP contribution in [0, 0.1) is 0 Å². The molecule has 0 fully saturated rings. The molecule has 3 rings (SSSR count). The van der Waals surface area contributed by atoms with Gasteiger partial charge in [-0.25, -0.2) is 4.68 Å². The average Bonchev–Trinajstić information content (AvgIpc) is 2.89. The fourth-order valence-corrected chi connectivity index (χ4v) is 4.90. The Morgan fingerprint density at radius 3 is 2.45 bits per heavy atom. The van der Waals surface area contributed by atoms with E-state index in [0.29, 0.717) is 16.8 Å². The molecule has 0 radical (unpaired) electrons. The van der Waals surface area contributed by atoms with Crippen LogP contribution in [0.1, 0.15) is 29.8 Å². The summed E-state index contributed by atoms with van der Waals surface area (Å²) in [4.78, 5) is 25.2. The molecule has 1 aromatic heterocycles. The van der Waals surface area contributed by atoms with Crippen molar-refractivity contribution in [3.05, 3.63) is 76.1 Å². The molecular weight excluding hydrogens is 523 g/mol. The Balaban J connectivity index is 1.80. The topological polar surface area (TPSA) is 118 Å². The van der Waals surface area contributed by atoms with Gasteiger partial charge in [0.2, 0.25) is 0 Å². The molecule has 0 unspecified atom stereocenters. The Bertz CT molecular complexity index is 1360. The minimum Gasteiger partial charge on any atom is -0.493 e. The fraction of sp³-hybridized carbons (Fsp3) is 0.320. The monoisotopic (exact) mass is 551 g/mol. The predicted molar refractivity (Wildman–Crippen MR) is 136 cm³/mol. The molecule has 13 heteroatoms. The number of ether oxygens (including phenoxy) is 2. The Kier molecular flexibility index (Phi) is 10.1. The number of carbonyl (C=O) groups is 1. The summed E-state index contributed by atoms with van der Waals surface area (Å²) in [6.45, 7) is 0.664. The Morgan fingerprint density at radius 1 is 1.05 bits per heavy atom. The van der Waals surface area contributed by atoms with Gasteiger partial charge >= 0.3 is 14.2 Å². The molecule has 1 heterocycles. The van der Waals surface area contributed by atoms with E-state index >= 15 is 0 Å². The smallest absolute Gasteiger partial charge is 0.387 e. The summed E-state index contributed by atoms with van der Waals surface area (Å²) >= 11 is 0. The Hall–Kier alpha value is -3.60. The second-order valence-corrected chi connectivity index (χ2v) is 9.82. The normalized spacial score (nSPS) is 11.4. The van der Waals surface area contributed by atoms with Gasteiger partial charge in [-0.1, -0.05) is 12.1 Å². The van der Waals surface area contributed by atoms with E-state index in [4.69, 9.17) is 13.8 Å². The molecule has 204 valence electrons. The molecule has 2 aromatic carbocycles. The summed E-state index contributed by atoms with van der Waals surface area (Å²) in [6, 6.07) is 13.7. The summed E-state index contributed by atoms with van der Waals surface area (Å²) in [5, 5.41) is 6.91. The second kappa shape index (κ2) is 13.3. The SMILES string of the molecule is CCOP(=O)(CNC(=O)c1cccc(Cn2nc(-c3ccc(OC)c(OC(F)F)c3)ccc2=O)c1)OCC. The minimum absolute atomic E-state index is 0.0285. The number of aromatic nitrogens is 2. The standard InChI is InChI=1S/C25H28F2N3O7P/c1-4-35-38(33,36-5-2)16-28-24(32)19-8-6-7-17(13-19)15-30-23(31)12-10-20(29-30)18-9-11-21(34-3)22(14-18)37-25(26)27/h6-14,25H,4-5,15-16H2,1-3H3,(H,28,32). The largest absolute Gasteiger partial charge is 0.493 e. The van der Waals surface area contributed by atoms with Gasteiger partial charge in [0.15, 0.2) is 11.5 Å². The van der Waals surface area contributed by atoms with Gasteiger partial charge in [-0.05, 0) is 55.8 Å². The van der Waals surface area contributed by atoms with Gasteiger partial charge < -0.3 is 23.8 Å². The van der Waals surface area contributed by atoms with E-state index in [1.807, 2.05) is 0 Å². The van der Waals surface area contributed by atoms with Crippen LogP contribution in [-0.2, 0) is 20.2 Å². The number of hydrogen-bond acceptors (Lipinski definition) is 8. The van der Waals surface area contributed by atoms with Crippen LogP contribution < -0.4 is 20.3 Å². The highest BCUT2D eigenvalue weighted by molar-refractivity contribution is 7.53. The van der Waals surface area contributed by atoms with E-state index in [0.717, 1.165) is 0 Å². The van der Waals surface area contributed by atoms with Crippen LogP contribution in [0.3, 0.4) is 0 Å². The summed E-state index contributed by atoms with van der Waals surface area (Å²) in [6.07, 6.45) is -0.292. The van der Waals surface area contributed by atoms with Crippen LogP contribution in [-0.4, -0.2) is 48.9 Å². The minimum atomic E-state index is -3.46. The molecule has 0 saturated carbocycles. The van der Waals surface area contributed by atoms with Crippen molar-refractivity contribution in [1.29, 1.82) is 0 Å². The zero-order valence-corrected chi connectivity index (χ0v) is 22.0. The van der Waals surface area contributed by atoms with E-state index in [-0.39, 0.29) is 43.1 Å². The van der Waals surface area contributed by atoms with E-state index in [9.17, 15) is 22.9 Å². The Labute approximate surface area is 218 Å². The first-order valence-corrected chi connectivity index (χ1v) is 13.4. The number of methoxy groups -OCH3 is 1. The summed E-state index contributed by atoms with van der Waals surface area (Å²) in [7, 11) is -2.13. The second-order valence-electron chi connectivity index (χ2n) is 7.77. The summed E-state index contributed by atoms with van der Waals surface area (Å²) < 4.78 is 59.3. The van der Waals surface area contributed by atoms with Gasteiger partial charge in [0.1, 0.15) is 6.29 Å². The third-order valence-corrected chi connectivity index (χ3v) is 7.00. The van der Waals surface area contributed by atoms with Gasteiger partial charge in [0.05, 0.1) is 32.6 Å². The van der Waals surface area contributed by atoms with Crippen molar-refractivity contribution in [2.45, 2.75) is 27.0 Å². The van der Waals surface area contributed by atoms with Gasteiger partial charge in [-0.3, -0.25) is 14.2 Å². The van der Waals surface area contributed by atoms with E-state index in [1.54, 1.807) is 44.2 Å². The van der Waals surface area contributed by atoms with Crippen molar-refractivity contribution in [3.8, 4) is 22.8 Å². The lowest BCUT2D eigenvalue weighted by atomic mass is 10.1. The number of hydrogen-bond donors (Lipinski definition) is 1. The average molecular weight is 551 g/mol. The highest BCUT2D eigenvalue weighted by Crippen LogP contribution is 2.46. The molecule has 0 saturated heterocycles. The molecule has 0 aliphatic carbocycles. The van der Waals surface area contributed by atoms with E-state index in [1.165, 1.54) is 36.1 Å². The number of halogens is 2. The number of rotatable bonds is 13. The van der Waals surface area contributed by atoms with Crippen LogP contribution in [0.25, 0.3) is 11.3 Å². The fourth-order valence-electron chi connectivity index (χ4n) is 3.52. The number of nitrogens with zero attached hydrogens (tertiary/aromatic N) is 2. The van der Waals surface area contributed by atoms with Crippen LogP contribution >= 0.6 is 7.60 Å². The van der Waals surface area contributed by atoms with Crippen molar-refractivity contribution in [2.24, 2.45) is 0 Å². The molecule has 1 amide bonds. The molecule has 1 N–H and O–H groups in total. The lowest BCUT2D eigenvalue weighted by Gasteiger charge is -2.17. The highest BCUT2D eigenvalue weighted by atomic mass is 31.2.